The monoisotopic (exact) mass is 472 g/mol. The molecular weight excluding hydrogens is 440 g/mol. The fourth-order valence-corrected chi connectivity index (χ4v) is 4.01. The molecule has 3 atom stereocenters. The largest absolute Gasteiger partial charge is 0.469 e. The third-order valence-electron chi connectivity index (χ3n) is 5.19. The molecular formula is C21H32N2O10. The molecule has 1 saturated carbocycles. The molecule has 5 amide bonds. The second-order valence-electron chi connectivity index (χ2n) is 10.00. The van der Waals surface area contributed by atoms with Gasteiger partial charge in [-0.1, -0.05) is 0 Å². The molecule has 1 saturated heterocycles. The van der Waals surface area contributed by atoms with Crippen molar-refractivity contribution in [2.24, 2.45) is 11.8 Å². The van der Waals surface area contributed by atoms with E-state index in [2.05, 4.69) is 4.89 Å². The normalized spacial score (nSPS) is 25.6. The van der Waals surface area contributed by atoms with Crippen molar-refractivity contribution < 1.29 is 48.0 Å². The first-order chi connectivity index (χ1) is 15.1. The molecule has 12 nitrogen and oxygen atoms in total. The Labute approximate surface area is 192 Å². The molecule has 186 valence electrons. The van der Waals surface area contributed by atoms with Gasteiger partial charge in [0.1, 0.15) is 16.7 Å². The summed E-state index contributed by atoms with van der Waals surface area (Å²) in [4.78, 5) is 75.6. The van der Waals surface area contributed by atoms with E-state index in [0.29, 0.717) is 4.90 Å². The van der Waals surface area contributed by atoms with Gasteiger partial charge in [0.25, 0.3) is 5.91 Å². The van der Waals surface area contributed by atoms with Crippen LogP contribution >= 0.6 is 0 Å². The Morgan fingerprint density at radius 1 is 0.939 bits per heavy atom. The Bertz CT molecular complexity index is 828. The summed E-state index contributed by atoms with van der Waals surface area (Å²) in [6, 6.07) is -1.21. The van der Waals surface area contributed by atoms with Gasteiger partial charge in [0.05, 0.1) is 26.7 Å². The maximum Gasteiger partial charge on any atom is 0.425 e. The molecule has 12 heteroatoms. The van der Waals surface area contributed by atoms with E-state index in [1.165, 1.54) is 14.2 Å². The summed E-state index contributed by atoms with van der Waals surface area (Å²) in [7, 11) is 2.46. The highest BCUT2D eigenvalue weighted by molar-refractivity contribution is 6.21. The maximum absolute atomic E-state index is 13.6. The quantitative estimate of drug-likeness (QED) is 0.197. The van der Waals surface area contributed by atoms with E-state index in [1.807, 2.05) is 0 Å². The Balaban J connectivity index is 2.55. The van der Waals surface area contributed by atoms with Crippen LogP contribution in [0, 0.1) is 11.8 Å². The Morgan fingerprint density at radius 3 is 1.97 bits per heavy atom. The van der Waals surface area contributed by atoms with Crippen LogP contribution in [0.1, 0.15) is 54.4 Å². The van der Waals surface area contributed by atoms with E-state index >= 15 is 0 Å². The smallest absolute Gasteiger partial charge is 0.425 e. The van der Waals surface area contributed by atoms with Crippen molar-refractivity contribution in [2.45, 2.75) is 71.1 Å². The van der Waals surface area contributed by atoms with Crippen LogP contribution in [0.3, 0.4) is 0 Å². The molecule has 0 aromatic heterocycles. The summed E-state index contributed by atoms with van der Waals surface area (Å²) in [5.74, 6) is -3.21. The van der Waals surface area contributed by atoms with Crippen molar-refractivity contribution in [1.29, 1.82) is 0 Å². The van der Waals surface area contributed by atoms with Crippen LogP contribution in [-0.2, 0) is 33.6 Å². The molecule has 0 aromatic carbocycles. The Morgan fingerprint density at radius 2 is 1.48 bits per heavy atom. The summed E-state index contributed by atoms with van der Waals surface area (Å²) in [5, 5.41) is 0. The lowest BCUT2D eigenvalue weighted by Gasteiger charge is -2.31. The number of carbonyl (C=O) groups excluding carboxylic acids is 5. The summed E-state index contributed by atoms with van der Waals surface area (Å²) in [5.41, 5.74) is -3.87. The van der Waals surface area contributed by atoms with E-state index < -0.39 is 58.7 Å². The first-order valence-corrected chi connectivity index (χ1v) is 10.5. The van der Waals surface area contributed by atoms with Crippen molar-refractivity contribution >= 4 is 30.1 Å². The minimum absolute atomic E-state index is 0.117. The van der Waals surface area contributed by atoms with Crippen LogP contribution in [0.4, 0.5) is 14.4 Å². The van der Waals surface area contributed by atoms with Gasteiger partial charge in [-0.15, -0.1) is 0 Å². The average Bonchev–Trinajstić information content (AvgIpc) is 3.12. The van der Waals surface area contributed by atoms with Crippen molar-refractivity contribution in [3.8, 4) is 0 Å². The highest BCUT2D eigenvalue weighted by Gasteiger charge is 2.68. The number of amides is 5. The third-order valence-corrected chi connectivity index (χ3v) is 5.19. The SMILES string of the molecule is COOCC1CC2(CC1C(=O)OC)C(=O)N(C(=O)OC(C)(C)C)C(=O)N2C(=O)OC(C)(C)C. The van der Waals surface area contributed by atoms with Gasteiger partial charge < -0.3 is 14.2 Å². The Kier molecular flexibility index (Phi) is 7.44. The summed E-state index contributed by atoms with van der Waals surface area (Å²) < 4.78 is 15.4. The standard InChI is InChI=1S/C21H32N2O10/c1-19(2,3)32-17(27)22-15(25)21(23(16(22)26)18(28)33-20(4,5)6)9-12(11-31-30-8)13(10-21)14(24)29-7/h12-13H,9-11H2,1-8H3. The van der Waals surface area contributed by atoms with Gasteiger partial charge in [0.2, 0.25) is 0 Å². The van der Waals surface area contributed by atoms with Crippen molar-refractivity contribution in [3.05, 3.63) is 0 Å². The average molecular weight is 472 g/mol. The van der Waals surface area contributed by atoms with Gasteiger partial charge in [0.15, 0.2) is 0 Å². The molecule has 0 radical (unpaired) electrons. The second kappa shape index (κ2) is 9.26. The van der Waals surface area contributed by atoms with Gasteiger partial charge in [-0.2, -0.15) is 4.90 Å². The molecule has 33 heavy (non-hydrogen) atoms. The molecule has 2 fully saturated rings. The first-order valence-electron chi connectivity index (χ1n) is 10.5. The minimum Gasteiger partial charge on any atom is -0.469 e. The van der Waals surface area contributed by atoms with Gasteiger partial charge in [-0.25, -0.2) is 29.1 Å². The number of methoxy groups -OCH3 is 1. The molecule has 1 spiro atoms. The van der Waals surface area contributed by atoms with Gasteiger partial charge >= 0.3 is 24.2 Å². The lowest BCUT2D eigenvalue weighted by Crippen LogP contribution is -2.52. The maximum atomic E-state index is 13.6. The van der Waals surface area contributed by atoms with E-state index in [1.54, 1.807) is 41.5 Å². The van der Waals surface area contributed by atoms with Gasteiger partial charge in [0, 0.05) is 5.92 Å². The zero-order chi connectivity index (χ0) is 25.4. The number of urea groups is 1. The lowest BCUT2D eigenvalue weighted by molar-refractivity contribution is -0.281. The Hall–Kier alpha value is -2.73. The first kappa shape index (κ1) is 26.5. The van der Waals surface area contributed by atoms with Crippen molar-refractivity contribution in [1.82, 2.24) is 9.80 Å². The molecule has 0 aromatic rings. The van der Waals surface area contributed by atoms with E-state index in [4.69, 9.17) is 19.1 Å². The van der Waals surface area contributed by atoms with Crippen molar-refractivity contribution in [3.63, 3.8) is 0 Å². The van der Waals surface area contributed by atoms with Crippen LogP contribution < -0.4 is 0 Å². The number of imide groups is 4. The molecule has 0 bridgehead atoms. The van der Waals surface area contributed by atoms with Gasteiger partial charge in [-0.3, -0.25) is 9.59 Å². The minimum atomic E-state index is -1.86. The van der Waals surface area contributed by atoms with E-state index in [-0.39, 0.29) is 24.3 Å². The van der Waals surface area contributed by atoms with Crippen LogP contribution in [0.25, 0.3) is 0 Å². The highest BCUT2D eigenvalue weighted by atomic mass is 17.2. The topological polar surface area (TPSA) is 138 Å². The summed E-state index contributed by atoms with van der Waals surface area (Å²) >= 11 is 0. The number of carbonyl (C=O) groups is 5. The summed E-state index contributed by atoms with van der Waals surface area (Å²) in [6.07, 6.45) is -2.79. The number of hydrogen-bond acceptors (Lipinski definition) is 10. The third kappa shape index (κ3) is 5.44. The number of rotatable bonds is 4. The molecule has 1 aliphatic heterocycles. The van der Waals surface area contributed by atoms with Crippen LogP contribution in [0.2, 0.25) is 0 Å². The fourth-order valence-electron chi connectivity index (χ4n) is 4.01. The molecule has 2 rings (SSSR count). The summed E-state index contributed by atoms with van der Waals surface area (Å²) in [6.45, 7) is 9.36. The van der Waals surface area contributed by atoms with Gasteiger partial charge in [-0.05, 0) is 54.4 Å². The number of hydrogen-bond donors (Lipinski definition) is 0. The molecule has 0 N–H and O–H groups in total. The van der Waals surface area contributed by atoms with Crippen LogP contribution in [0.5, 0.6) is 0 Å². The number of esters is 1. The number of nitrogens with zero attached hydrogens (tertiary/aromatic N) is 2. The predicted molar refractivity (Wildman–Crippen MR) is 110 cm³/mol. The fraction of sp³-hybridized carbons (Fsp3) is 0.762. The lowest BCUT2D eigenvalue weighted by atomic mass is 9.94. The molecule has 2 aliphatic rings. The van der Waals surface area contributed by atoms with E-state index in [0.717, 1.165) is 0 Å². The number of ether oxygens (including phenoxy) is 3. The zero-order valence-electron chi connectivity index (χ0n) is 20.3. The second-order valence-corrected chi connectivity index (χ2v) is 10.00. The van der Waals surface area contributed by atoms with E-state index in [9.17, 15) is 24.0 Å². The van der Waals surface area contributed by atoms with Crippen LogP contribution in [0.15, 0.2) is 0 Å². The predicted octanol–water partition coefficient (Wildman–Crippen LogP) is 2.64. The van der Waals surface area contributed by atoms with Crippen LogP contribution in [-0.4, -0.2) is 77.5 Å². The molecule has 1 aliphatic carbocycles. The zero-order valence-corrected chi connectivity index (χ0v) is 20.3. The van der Waals surface area contributed by atoms with Crippen molar-refractivity contribution in [2.75, 3.05) is 20.8 Å². The molecule has 1 heterocycles. The highest BCUT2D eigenvalue weighted by Crippen LogP contribution is 2.49. The molecule has 3 unspecified atom stereocenters.